The Morgan fingerprint density at radius 3 is 2.42 bits per heavy atom. The number of rotatable bonds is 3. The zero-order chi connectivity index (χ0) is 24.1. The SMILES string of the molecule is O=C(OCC1c2ccccc2-c2ccccc21)N1C2C=C(c3cccc4ncccc34)CC1COC2. The lowest BCUT2D eigenvalue weighted by Gasteiger charge is -2.44. The second kappa shape index (κ2) is 8.61. The maximum absolute atomic E-state index is 13.5. The summed E-state index contributed by atoms with van der Waals surface area (Å²) in [4.78, 5) is 19.9. The molecule has 1 aliphatic carbocycles. The Morgan fingerprint density at radius 2 is 1.64 bits per heavy atom. The molecule has 0 saturated carbocycles. The highest BCUT2D eigenvalue weighted by atomic mass is 16.6. The number of benzene rings is 3. The van der Waals surface area contributed by atoms with Crippen molar-refractivity contribution in [2.24, 2.45) is 0 Å². The fourth-order valence-corrected chi connectivity index (χ4v) is 6.13. The van der Waals surface area contributed by atoms with E-state index in [4.69, 9.17) is 9.47 Å². The van der Waals surface area contributed by atoms with Crippen LogP contribution in [0.4, 0.5) is 4.79 Å². The summed E-state index contributed by atoms with van der Waals surface area (Å²) < 4.78 is 11.9. The van der Waals surface area contributed by atoms with E-state index >= 15 is 0 Å². The van der Waals surface area contributed by atoms with E-state index in [9.17, 15) is 4.79 Å². The number of aromatic nitrogens is 1. The van der Waals surface area contributed by atoms with E-state index in [1.54, 1.807) is 0 Å². The minimum absolute atomic E-state index is 0.0497. The topological polar surface area (TPSA) is 51.7 Å². The van der Waals surface area contributed by atoms with Crippen molar-refractivity contribution in [2.45, 2.75) is 24.4 Å². The summed E-state index contributed by atoms with van der Waals surface area (Å²) in [5.74, 6) is 0.0523. The van der Waals surface area contributed by atoms with Gasteiger partial charge in [0.25, 0.3) is 0 Å². The lowest BCUT2D eigenvalue weighted by Crippen LogP contribution is -2.56. The second-order valence-corrected chi connectivity index (χ2v) is 9.74. The molecule has 178 valence electrons. The van der Waals surface area contributed by atoms with Crippen LogP contribution in [0.1, 0.15) is 29.0 Å². The summed E-state index contributed by atoms with van der Waals surface area (Å²) in [5, 5.41) is 1.14. The van der Waals surface area contributed by atoms with Crippen molar-refractivity contribution in [3.8, 4) is 11.1 Å². The summed E-state index contributed by atoms with van der Waals surface area (Å²) in [6.45, 7) is 1.32. The Hall–Kier alpha value is -3.96. The van der Waals surface area contributed by atoms with Crippen LogP contribution in [0.5, 0.6) is 0 Å². The van der Waals surface area contributed by atoms with Gasteiger partial charge in [0.05, 0.1) is 30.8 Å². The first-order valence-corrected chi connectivity index (χ1v) is 12.5. The van der Waals surface area contributed by atoms with E-state index in [-0.39, 0.29) is 24.1 Å². The number of hydrogen-bond acceptors (Lipinski definition) is 4. The maximum Gasteiger partial charge on any atom is 0.410 e. The van der Waals surface area contributed by atoms with Crippen LogP contribution in [0.15, 0.2) is 91.1 Å². The van der Waals surface area contributed by atoms with Crippen LogP contribution in [0.3, 0.4) is 0 Å². The number of morpholine rings is 1. The summed E-state index contributed by atoms with van der Waals surface area (Å²) >= 11 is 0. The van der Waals surface area contributed by atoms with Crippen LogP contribution < -0.4 is 0 Å². The number of carbonyl (C=O) groups is 1. The largest absolute Gasteiger partial charge is 0.448 e. The first-order chi connectivity index (χ1) is 17.8. The van der Waals surface area contributed by atoms with E-state index in [1.165, 1.54) is 33.4 Å². The van der Waals surface area contributed by atoms with Crippen molar-refractivity contribution in [1.29, 1.82) is 0 Å². The van der Waals surface area contributed by atoms with Gasteiger partial charge in [-0.25, -0.2) is 4.79 Å². The molecular weight excluding hydrogens is 448 g/mol. The Balaban J connectivity index is 1.14. The van der Waals surface area contributed by atoms with Gasteiger partial charge in [0, 0.05) is 17.5 Å². The van der Waals surface area contributed by atoms with Crippen molar-refractivity contribution >= 4 is 22.6 Å². The van der Waals surface area contributed by atoms with Crippen molar-refractivity contribution < 1.29 is 14.3 Å². The molecule has 1 amide bonds. The van der Waals surface area contributed by atoms with Crippen LogP contribution in [0, 0.1) is 0 Å². The highest BCUT2D eigenvalue weighted by Crippen LogP contribution is 2.45. The molecule has 1 fully saturated rings. The molecule has 0 N–H and O–H groups in total. The molecule has 4 aromatic rings. The molecule has 0 radical (unpaired) electrons. The molecule has 2 atom stereocenters. The number of fused-ring (bicyclic) bond motifs is 6. The Labute approximate surface area is 210 Å². The maximum atomic E-state index is 13.5. The number of carbonyl (C=O) groups excluding carboxylic acids is 1. The highest BCUT2D eigenvalue weighted by Gasteiger charge is 2.40. The quantitative estimate of drug-likeness (QED) is 0.363. The first kappa shape index (κ1) is 21.3. The molecule has 2 unspecified atom stereocenters. The lowest BCUT2D eigenvalue weighted by molar-refractivity contribution is -0.0331. The zero-order valence-corrected chi connectivity index (χ0v) is 19.8. The van der Waals surface area contributed by atoms with Gasteiger partial charge in [-0.1, -0.05) is 72.8 Å². The predicted octanol–water partition coefficient (Wildman–Crippen LogP) is 6.04. The average molecular weight is 475 g/mol. The number of ether oxygens (including phenoxy) is 2. The third-order valence-corrected chi connectivity index (χ3v) is 7.74. The number of nitrogens with zero attached hydrogens (tertiary/aromatic N) is 2. The van der Waals surface area contributed by atoms with Crippen molar-refractivity contribution in [3.63, 3.8) is 0 Å². The van der Waals surface area contributed by atoms with Gasteiger partial charge in [0.2, 0.25) is 0 Å². The van der Waals surface area contributed by atoms with Gasteiger partial charge in [-0.2, -0.15) is 0 Å². The first-order valence-electron chi connectivity index (χ1n) is 12.5. The molecule has 3 aliphatic rings. The van der Waals surface area contributed by atoms with Gasteiger partial charge in [-0.05, 0) is 51.9 Å². The van der Waals surface area contributed by atoms with E-state index in [1.807, 2.05) is 23.2 Å². The summed E-state index contributed by atoms with van der Waals surface area (Å²) in [7, 11) is 0. The third-order valence-electron chi connectivity index (χ3n) is 7.74. The summed E-state index contributed by atoms with van der Waals surface area (Å²) in [6, 6.07) is 27.0. The minimum atomic E-state index is -0.259. The smallest absolute Gasteiger partial charge is 0.410 e. The van der Waals surface area contributed by atoms with Crippen molar-refractivity contribution in [2.75, 3.05) is 19.8 Å². The number of pyridine rings is 1. The number of hydrogen-bond donors (Lipinski definition) is 0. The Bertz CT molecular complexity index is 1460. The molecule has 36 heavy (non-hydrogen) atoms. The van der Waals surface area contributed by atoms with Crippen LogP contribution in [0.2, 0.25) is 0 Å². The standard InChI is InChI=1S/C31H26N2O3/c34-31(36-19-29-26-9-3-1-7-24(26)25-8-2-4-10-27(25)29)33-21-15-20(16-22(33)18-35-17-21)23-11-5-13-30-28(23)12-6-14-32-30/h1-15,21-22,29H,16-19H2. The normalized spacial score (nSPS) is 20.6. The molecule has 5 nitrogen and oxygen atoms in total. The monoisotopic (exact) mass is 474 g/mol. The fourth-order valence-electron chi connectivity index (χ4n) is 6.13. The molecule has 3 aromatic carbocycles. The molecule has 1 saturated heterocycles. The number of amides is 1. The molecule has 5 heteroatoms. The van der Waals surface area contributed by atoms with E-state index in [0.29, 0.717) is 19.8 Å². The van der Waals surface area contributed by atoms with Gasteiger partial charge in [-0.15, -0.1) is 0 Å². The van der Waals surface area contributed by atoms with Crippen LogP contribution >= 0.6 is 0 Å². The van der Waals surface area contributed by atoms with E-state index < -0.39 is 0 Å². The van der Waals surface area contributed by atoms with Crippen LogP contribution in [-0.2, 0) is 9.47 Å². The van der Waals surface area contributed by atoms with Crippen molar-refractivity contribution in [1.82, 2.24) is 9.88 Å². The molecule has 2 aliphatic heterocycles. The Kier molecular flexibility index (Phi) is 5.10. The highest BCUT2D eigenvalue weighted by molar-refractivity contribution is 5.92. The van der Waals surface area contributed by atoms with E-state index in [0.717, 1.165) is 17.3 Å². The van der Waals surface area contributed by atoms with Gasteiger partial charge < -0.3 is 9.47 Å². The third kappa shape index (κ3) is 3.42. The molecule has 3 heterocycles. The van der Waals surface area contributed by atoms with Crippen LogP contribution in [-0.4, -0.2) is 47.9 Å². The average Bonchev–Trinajstić information content (AvgIpc) is 3.24. The van der Waals surface area contributed by atoms with Gasteiger partial charge in [0.1, 0.15) is 6.61 Å². The van der Waals surface area contributed by atoms with Crippen molar-refractivity contribution in [3.05, 3.63) is 108 Å². The molecule has 1 aromatic heterocycles. The molecular formula is C31H26N2O3. The molecule has 2 bridgehead atoms. The molecule has 0 spiro atoms. The molecule has 7 rings (SSSR count). The zero-order valence-electron chi connectivity index (χ0n) is 19.8. The fraction of sp³-hybridized carbons (Fsp3) is 0.226. The lowest BCUT2D eigenvalue weighted by atomic mass is 9.88. The Morgan fingerprint density at radius 1 is 0.889 bits per heavy atom. The second-order valence-electron chi connectivity index (χ2n) is 9.74. The van der Waals surface area contributed by atoms with E-state index in [2.05, 4.69) is 77.8 Å². The van der Waals surface area contributed by atoms with Gasteiger partial charge in [-0.3, -0.25) is 9.88 Å². The van der Waals surface area contributed by atoms with Gasteiger partial charge in [0.15, 0.2) is 0 Å². The predicted molar refractivity (Wildman–Crippen MR) is 140 cm³/mol. The summed E-state index contributed by atoms with van der Waals surface area (Å²) in [5.41, 5.74) is 8.32. The minimum Gasteiger partial charge on any atom is -0.448 e. The summed E-state index contributed by atoms with van der Waals surface area (Å²) in [6.07, 6.45) is 4.47. The van der Waals surface area contributed by atoms with Gasteiger partial charge >= 0.3 is 6.09 Å². The van der Waals surface area contributed by atoms with Crippen LogP contribution in [0.25, 0.3) is 27.6 Å².